The Hall–Kier alpha value is -1.32. The van der Waals surface area contributed by atoms with E-state index in [0.717, 1.165) is 18.1 Å². The van der Waals surface area contributed by atoms with Crippen molar-refractivity contribution in [1.82, 2.24) is 9.97 Å². The van der Waals surface area contributed by atoms with Crippen LogP contribution in [-0.2, 0) is 0 Å². The van der Waals surface area contributed by atoms with Gasteiger partial charge in [0.05, 0.1) is 0 Å². The van der Waals surface area contributed by atoms with Crippen LogP contribution in [0.15, 0.2) is 12.4 Å². The minimum absolute atomic E-state index is 0.0688. The van der Waals surface area contributed by atoms with Gasteiger partial charge in [0.2, 0.25) is 0 Å². The van der Waals surface area contributed by atoms with Gasteiger partial charge in [-0.3, -0.25) is 0 Å². The van der Waals surface area contributed by atoms with Gasteiger partial charge in [-0.25, -0.2) is 9.97 Å². The third-order valence-corrected chi connectivity index (χ3v) is 2.27. The van der Waals surface area contributed by atoms with Gasteiger partial charge in [0.15, 0.2) is 0 Å². The fraction of sp³-hybridized carbons (Fsp3) is 0.600. The molecule has 0 aliphatic rings. The molecule has 0 fully saturated rings. The van der Waals surface area contributed by atoms with Crippen molar-refractivity contribution in [2.45, 2.75) is 32.7 Å². The summed E-state index contributed by atoms with van der Waals surface area (Å²) in [6, 6.07) is 1.90. The van der Waals surface area contributed by atoms with Crippen LogP contribution in [-0.4, -0.2) is 22.6 Å². The van der Waals surface area contributed by atoms with E-state index in [9.17, 15) is 0 Å². The lowest BCUT2D eigenvalue weighted by Gasteiger charge is -2.25. The molecule has 14 heavy (non-hydrogen) atoms. The van der Waals surface area contributed by atoms with Crippen LogP contribution >= 0.6 is 0 Å². The van der Waals surface area contributed by atoms with E-state index in [0.29, 0.717) is 0 Å². The topological polar surface area (TPSA) is 49.8 Å². The smallest absolute Gasteiger partial charge is 0.131 e. The average Bonchev–Trinajstić information content (AvgIpc) is 2.17. The quantitative estimate of drug-likeness (QED) is 0.770. The van der Waals surface area contributed by atoms with Gasteiger partial charge in [-0.05, 0) is 20.3 Å². The molecular weight excluding hydrogens is 176 g/mol. The molecule has 2 N–H and O–H groups in total. The Morgan fingerprint density at radius 2 is 1.93 bits per heavy atom. The van der Waals surface area contributed by atoms with Crippen LogP contribution in [0.3, 0.4) is 0 Å². The van der Waals surface area contributed by atoms with Gasteiger partial charge in [0.1, 0.15) is 18.0 Å². The first-order valence-corrected chi connectivity index (χ1v) is 4.85. The maximum Gasteiger partial charge on any atom is 0.131 e. The van der Waals surface area contributed by atoms with Crippen LogP contribution in [0, 0.1) is 0 Å². The third-order valence-electron chi connectivity index (χ3n) is 2.27. The van der Waals surface area contributed by atoms with Crippen molar-refractivity contribution < 1.29 is 0 Å². The summed E-state index contributed by atoms with van der Waals surface area (Å²) in [5, 5.41) is 6.33. The lowest BCUT2D eigenvalue weighted by Crippen LogP contribution is -2.30. The van der Waals surface area contributed by atoms with Crippen LogP contribution in [0.5, 0.6) is 0 Å². The zero-order valence-corrected chi connectivity index (χ0v) is 9.26. The first-order chi connectivity index (χ1) is 6.57. The zero-order chi connectivity index (χ0) is 10.6. The molecule has 1 rings (SSSR count). The molecule has 0 amide bonds. The SMILES string of the molecule is CCC(C)(C)Nc1cc(NC)ncn1. The van der Waals surface area contributed by atoms with Crippen LogP contribution in [0.25, 0.3) is 0 Å². The zero-order valence-electron chi connectivity index (χ0n) is 9.26. The van der Waals surface area contributed by atoms with Gasteiger partial charge in [-0.1, -0.05) is 6.92 Å². The highest BCUT2D eigenvalue weighted by atomic mass is 15.1. The summed E-state index contributed by atoms with van der Waals surface area (Å²) >= 11 is 0. The summed E-state index contributed by atoms with van der Waals surface area (Å²) in [5.74, 6) is 1.69. The number of hydrogen-bond donors (Lipinski definition) is 2. The summed E-state index contributed by atoms with van der Waals surface area (Å²) < 4.78 is 0. The molecule has 0 spiro atoms. The van der Waals surface area contributed by atoms with Crippen LogP contribution in [0.4, 0.5) is 11.6 Å². The lowest BCUT2D eigenvalue weighted by molar-refractivity contribution is 0.545. The first-order valence-electron chi connectivity index (χ1n) is 4.85. The van der Waals surface area contributed by atoms with Crippen LogP contribution in [0.1, 0.15) is 27.2 Å². The summed E-state index contributed by atoms with van der Waals surface area (Å²) in [6.07, 6.45) is 2.60. The largest absolute Gasteiger partial charge is 0.373 e. The molecule has 0 saturated heterocycles. The molecule has 1 aromatic heterocycles. The van der Waals surface area contributed by atoms with E-state index in [1.165, 1.54) is 0 Å². The van der Waals surface area contributed by atoms with E-state index >= 15 is 0 Å². The molecule has 0 bridgehead atoms. The fourth-order valence-electron chi connectivity index (χ4n) is 0.997. The molecule has 0 atom stereocenters. The third kappa shape index (κ3) is 2.87. The Balaban J connectivity index is 2.76. The van der Waals surface area contributed by atoms with Gasteiger partial charge in [-0.2, -0.15) is 0 Å². The molecule has 1 heterocycles. The van der Waals surface area contributed by atoms with Gasteiger partial charge < -0.3 is 10.6 Å². The maximum absolute atomic E-state index is 4.16. The van der Waals surface area contributed by atoms with Crippen molar-refractivity contribution in [2.75, 3.05) is 17.7 Å². The molecule has 78 valence electrons. The molecule has 0 aliphatic carbocycles. The first kappa shape index (κ1) is 10.8. The van der Waals surface area contributed by atoms with Gasteiger partial charge in [0.25, 0.3) is 0 Å². The molecule has 0 unspecified atom stereocenters. The number of anilines is 2. The fourth-order valence-corrected chi connectivity index (χ4v) is 0.997. The highest BCUT2D eigenvalue weighted by Gasteiger charge is 2.14. The Morgan fingerprint density at radius 3 is 2.50 bits per heavy atom. The van der Waals surface area contributed by atoms with Crippen molar-refractivity contribution in [3.8, 4) is 0 Å². The Kier molecular flexibility index (Phi) is 3.28. The van der Waals surface area contributed by atoms with E-state index < -0.39 is 0 Å². The Bertz CT molecular complexity index is 296. The van der Waals surface area contributed by atoms with Gasteiger partial charge in [0, 0.05) is 18.7 Å². The van der Waals surface area contributed by atoms with E-state index in [2.05, 4.69) is 41.4 Å². The Labute approximate surface area is 85.2 Å². The lowest BCUT2D eigenvalue weighted by atomic mass is 10.0. The Morgan fingerprint density at radius 1 is 1.29 bits per heavy atom. The number of rotatable bonds is 4. The summed E-state index contributed by atoms with van der Waals surface area (Å²) in [5.41, 5.74) is 0.0688. The van der Waals surface area contributed by atoms with Crippen molar-refractivity contribution in [2.24, 2.45) is 0 Å². The highest BCUT2D eigenvalue weighted by molar-refractivity contribution is 5.47. The average molecular weight is 194 g/mol. The number of aromatic nitrogens is 2. The van der Waals surface area contributed by atoms with Crippen molar-refractivity contribution in [1.29, 1.82) is 0 Å². The van der Waals surface area contributed by atoms with Crippen molar-refractivity contribution in [3.05, 3.63) is 12.4 Å². The number of nitrogens with one attached hydrogen (secondary N) is 2. The second kappa shape index (κ2) is 4.26. The maximum atomic E-state index is 4.16. The van der Waals surface area contributed by atoms with Crippen LogP contribution in [0.2, 0.25) is 0 Å². The second-order valence-corrected chi connectivity index (χ2v) is 3.90. The van der Waals surface area contributed by atoms with Gasteiger partial charge >= 0.3 is 0 Å². The molecule has 0 aromatic carbocycles. The van der Waals surface area contributed by atoms with E-state index in [4.69, 9.17) is 0 Å². The second-order valence-electron chi connectivity index (χ2n) is 3.90. The molecule has 0 saturated carbocycles. The summed E-state index contributed by atoms with van der Waals surface area (Å²) in [4.78, 5) is 8.21. The molecule has 4 heteroatoms. The monoisotopic (exact) mass is 194 g/mol. The highest BCUT2D eigenvalue weighted by Crippen LogP contribution is 2.16. The minimum atomic E-state index is 0.0688. The van der Waals surface area contributed by atoms with Crippen molar-refractivity contribution in [3.63, 3.8) is 0 Å². The summed E-state index contributed by atoms with van der Waals surface area (Å²) in [7, 11) is 1.84. The molecule has 4 nitrogen and oxygen atoms in total. The van der Waals surface area contributed by atoms with Gasteiger partial charge in [-0.15, -0.1) is 0 Å². The minimum Gasteiger partial charge on any atom is -0.373 e. The van der Waals surface area contributed by atoms with E-state index in [-0.39, 0.29) is 5.54 Å². The summed E-state index contributed by atoms with van der Waals surface area (Å²) in [6.45, 7) is 6.44. The predicted molar refractivity (Wildman–Crippen MR) is 59.6 cm³/mol. The normalized spacial score (nSPS) is 11.1. The standard InChI is InChI=1S/C10H18N4/c1-5-10(2,3)14-9-6-8(11-4)12-7-13-9/h6-7H,5H2,1-4H3,(H2,11,12,13,14). The molecule has 1 aromatic rings. The molecular formula is C10H18N4. The van der Waals surface area contributed by atoms with E-state index in [1.54, 1.807) is 6.33 Å². The van der Waals surface area contributed by atoms with Crippen LogP contribution < -0.4 is 10.6 Å². The predicted octanol–water partition coefficient (Wildman–Crippen LogP) is 2.12. The molecule has 0 aliphatic heterocycles. The number of hydrogen-bond acceptors (Lipinski definition) is 4. The molecule has 0 radical (unpaired) electrons. The van der Waals surface area contributed by atoms with E-state index in [1.807, 2.05) is 13.1 Å². The number of nitrogens with zero attached hydrogens (tertiary/aromatic N) is 2. The van der Waals surface area contributed by atoms with Crippen molar-refractivity contribution >= 4 is 11.6 Å².